The third-order valence-corrected chi connectivity index (χ3v) is 5.55. The van der Waals surface area contributed by atoms with Crippen molar-refractivity contribution >= 4 is 0 Å². The van der Waals surface area contributed by atoms with Crippen LogP contribution in [-0.4, -0.2) is 5.54 Å². The predicted molar refractivity (Wildman–Crippen MR) is 118 cm³/mol. The average molecular weight is 360 g/mol. The van der Waals surface area contributed by atoms with Crippen LogP contribution in [0.4, 0.5) is 0 Å². The molecule has 0 aliphatic rings. The number of hydrogen-bond acceptors (Lipinski definition) is 1. The first kappa shape index (κ1) is 23.2. The van der Waals surface area contributed by atoms with Gasteiger partial charge in [-0.3, -0.25) is 0 Å². The maximum absolute atomic E-state index is 6.50. The zero-order valence-electron chi connectivity index (χ0n) is 17.8. The number of hydrogen-bond donors (Lipinski definition) is 1. The van der Waals surface area contributed by atoms with Crippen molar-refractivity contribution < 1.29 is 0 Å². The SMILES string of the molecule is CCCCCCCCCCCCCCCC[C@@](C)(N)Cc1ccccc1. The van der Waals surface area contributed by atoms with Crippen LogP contribution in [0, 0.1) is 0 Å². The van der Waals surface area contributed by atoms with Crippen LogP contribution in [0.1, 0.15) is 116 Å². The first-order chi connectivity index (χ1) is 12.6. The van der Waals surface area contributed by atoms with Gasteiger partial charge >= 0.3 is 0 Å². The first-order valence-electron chi connectivity index (χ1n) is 11.5. The molecule has 1 rings (SSSR count). The Kier molecular flexibility index (Phi) is 13.6. The lowest BCUT2D eigenvalue weighted by atomic mass is 9.88. The van der Waals surface area contributed by atoms with Crippen molar-refractivity contribution in [1.29, 1.82) is 0 Å². The summed E-state index contributed by atoms with van der Waals surface area (Å²) in [6.45, 7) is 4.50. The van der Waals surface area contributed by atoms with E-state index in [1.54, 1.807) is 0 Å². The highest BCUT2D eigenvalue weighted by atomic mass is 14.7. The molecule has 1 nitrogen and oxygen atoms in total. The second-order valence-corrected chi connectivity index (χ2v) is 8.66. The maximum Gasteiger partial charge on any atom is 0.0166 e. The standard InChI is InChI=1S/C25H45N/c1-3-4-5-6-7-8-9-10-11-12-13-14-15-19-22-25(2,26)23-24-20-17-16-18-21-24/h16-18,20-21H,3-15,19,22-23,26H2,1-2H3/t25-/m1/s1. The summed E-state index contributed by atoms with van der Waals surface area (Å²) < 4.78 is 0. The molecule has 1 heteroatoms. The Balaban J connectivity index is 1.87. The quantitative estimate of drug-likeness (QED) is 0.282. The Morgan fingerprint density at radius 1 is 0.654 bits per heavy atom. The molecule has 150 valence electrons. The minimum Gasteiger partial charge on any atom is -0.325 e. The van der Waals surface area contributed by atoms with Gasteiger partial charge in [0.05, 0.1) is 0 Å². The minimum absolute atomic E-state index is 0.0571. The second-order valence-electron chi connectivity index (χ2n) is 8.66. The van der Waals surface area contributed by atoms with Crippen LogP contribution in [0.15, 0.2) is 30.3 Å². The maximum atomic E-state index is 6.50. The van der Waals surface area contributed by atoms with Crippen LogP contribution >= 0.6 is 0 Å². The van der Waals surface area contributed by atoms with Crippen LogP contribution in [0.5, 0.6) is 0 Å². The van der Waals surface area contributed by atoms with Gasteiger partial charge in [-0.15, -0.1) is 0 Å². The van der Waals surface area contributed by atoms with Crippen molar-refractivity contribution in [2.45, 2.75) is 122 Å². The van der Waals surface area contributed by atoms with Gasteiger partial charge in [0, 0.05) is 5.54 Å². The lowest BCUT2D eigenvalue weighted by Gasteiger charge is -2.24. The minimum atomic E-state index is -0.0571. The van der Waals surface area contributed by atoms with Crippen molar-refractivity contribution in [3.63, 3.8) is 0 Å². The average Bonchev–Trinajstić information content (AvgIpc) is 2.62. The topological polar surface area (TPSA) is 26.0 Å². The smallest absolute Gasteiger partial charge is 0.0166 e. The Bertz CT molecular complexity index is 409. The number of rotatable bonds is 17. The molecule has 0 saturated carbocycles. The van der Waals surface area contributed by atoms with Gasteiger partial charge in [-0.2, -0.15) is 0 Å². The lowest BCUT2D eigenvalue weighted by molar-refractivity contribution is 0.403. The molecule has 1 atom stereocenters. The second kappa shape index (κ2) is 15.3. The van der Waals surface area contributed by atoms with Crippen molar-refractivity contribution in [1.82, 2.24) is 0 Å². The zero-order chi connectivity index (χ0) is 18.9. The van der Waals surface area contributed by atoms with Gasteiger partial charge in [0.2, 0.25) is 0 Å². The Morgan fingerprint density at radius 3 is 1.54 bits per heavy atom. The van der Waals surface area contributed by atoms with Gasteiger partial charge in [-0.1, -0.05) is 127 Å². The van der Waals surface area contributed by atoms with Crippen LogP contribution in [0.2, 0.25) is 0 Å². The molecule has 0 spiro atoms. The fourth-order valence-corrected chi connectivity index (χ4v) is 3.87. The molecule has 1 aromatic rings. The summed E-state index contributed by atoms with van der Waals surface area (Å²) in [7, 11) is 0. The predicted octanol–water partition coefficient (Wildman–Crippen LogP) is 7.82. The lowest BCUT2D eigenvalue weighted by Crippen LogP contribution is -2.38. The molecule has 0 aliphatic heterocycles. The normalized spacial score (nSPS) is 13.7. The van der Waals surface area contributed by atoms with Crippen LogP contribution in [0.3, 0.4) is 0 Å². The summed E-state index contributed by atoms with van der Waals surface area (Å²) in [5.41, 5.74) is 7.80. The number of unbranched alkanes of at least 4 members (excludes halogenated alkanes) is 13. The molecule has 0 aromatic heterocycles. The van der Waals surface area contributed by atoms with Crippen molar-refractivity contribution in [2.24, 2.45) is 5.73 Å². The van der Waals surface area contributed by atoms with E-state index in [-0.39, 0.29) is 5.54 Å². The molecule has 0 aliphatic carbocycles. The molecular formula is C25H45N. The fourth-order valence-electron chi connectivity index (χ4n) is 3.87. The van der Waals surface area contributed by atoms with E-state index in [4.69, 9.17) is 5.73 Å². The molecular weight excluding hydrogens is 314 g/mol. The zero-order valence-corrected chi connectivity index (χ0v) is 17.8. The van der Waals surface area contributed by atoms with Crippen LogP contribution in [-0.2, 0) is 6.42 Å². The van der Waals surface area contributed by atoms with Gasteiger partial charge in [0.15, 0.2) is 0 Å². The van der Waals surface area contributed by atoms with Crippen molar-refractivity contribution in [2.75, 3.05) is 0 Å². The van der Waals surface area contributed by atoms with E-state index in [1.807, 2.05) is 0 Å². The third kappa shape index (κ3) is 13.4. The first-order valence-corrected chi connectivity index (χ1v) is 11.5. The summed E-state index contributed by atoms with van der Waals surface area (Å²) in [6.07, 6.45) is 21.9. The van der Waals surface area contributed by atoms with E-state index in [0.717, 1.165) is 12.8 Å². The third-order valence-electron chi connectivity index (χ3n) is 5.55. The summed E-state index contributed by atoms with van der Waals surface area (Å²) in [4.78, 5) is 0. The van der Waals surface area contributed by atoms with Crippen molar-refractivity contribution in [3.8, 4) is 0 Å². The molecule has 0 bridgehead atoms. The molecule has 0 unspecified atom stereocenters. The molecule has 0 heterocycles. The summed E-state index contributed by atoms with van der Waals surface area (Å²) in [6, 6.07) is 10.7. The van der Waals surface area contributed by atoms with Crippen molar-refractivity contribution in [3.05, 3.63) is 35.9 Å². The molecule has 0 radical (unpaired) electrons. The van der Waals surface area contributed by atoms with Gasteiger partial charge in [-0.25, -0.2) is 0 Å². The van der Waals surface area contributed by atoms with E-state index in [9.17, 15) is 0 Å². The highest BCUT2D eigenvalue weighted by molar-refractivity contribution is 5.17. The van der Waals surface area contributed by atoms with E-state index >= 15 is 0 Å². The molecule has 26 heavy (non-hydrogen) atoms. The van der Waals surface area contributed by atoms with Gasteiger partial charge in [0.1, 0.15) is 0 Å². The van der Waals surface area contributed by atoms with Gasteiger partial charge in [-0.05, 0) is 25.3 Å². The summed E-state index contributed by atoms with van der Waals surface area (Å²) in [5, 5.41) is 0. The van der Waals surface area contributed by atoms with E-state index in [0.29, 0.717) is 0 Å². The molecule has 0 amide bonds. The van der Waals surface area contributed by atoms with Crippen LogP contribution in [0.25, 0.3) is 0 Å². The fraction of sp³-hybridized carbons (Fsp3) is 0.760. The Labute approximate surface area is 164 Å². The van der Waals surface area contributed by atoms with Gasteiger partial charge in [0.25, 0.3) is 0 Å². The molecule has 0 fully saturated rings. The number of nitrogens with two attached hydrogens (primary N) is 1. The van der Waals surface area contributed by atoms with Gasteiger partial charge < -0.3 is 5.73 Å². The number of benzene rings is 1. The largest absolute Gasteiger partial charge is 0.325 e. The summed E-state index contributed by atoms with van der Waals surface area (Å²) in [5.74, 6) is 0. The van der Waals surface area contributed by atoms with E-state index < -0.39 is 0 Å². The monoisotopic (exact) mass is 359 g/mol. The van der Waals surface area contributed by atoms with E-state index in [1.165, 1.54) is 95.5 Å². The molecule has 2 N–H and O–H groups in total. The highest BCUT2D eigenvalue weighted by Crippen LogP contribution is 2.19. The van der Waals surface area contributed by atoms with E-state index in [2.05, 4.69) is 44.2 Å². The summed E-state index contributed by atoms with van der Waals surface area (Å²) >= 11 is 0. The Hall–Kier alpha value is -0.820. The Morgan fingerprint density at radius 2 is 1.08 bits per heavy atom. The molecule has 0 saturated heterocycles. The highest BCUT2D eigenvalue weighted by Gasteiger charge is 2.18. The molecule has 1 aromatic carbocycles. The van der Waals surface area contributed by atoms with Crippen LogP contribution < -0.4 is 5.73 Å².